The van der Waals surface area contributed by atoms with Crippen molar-refractivity contribution in [1.82, 2.24) is 5.32 Å². The lowest BCUT2D eigenvalue weighted by Gasteiger charge is -2.33. The van der Waals surface area contributed by atoms with Gasteiger partial charge in [0.05, 0.1) is 0 Å². The Bertz CT molecular complexity index is 856. The molecule has 2 aromatic carbocycles. The molecule has 136 valence electrons. The van der Waals surface area contributed by atoms with E-state index < -0.39 is 23.5 Å². The molecule has 7 heteroatoms. The molecule has 1 fully saturated rings. The average molecular weight is 377 g/mol. The Morgan fingerprint density at radius 2 is 1.92 bits per heavy atom. The maximum absolute atomic E-state index is 13.3. The van der Waals surface area contributed by atoms with Crippen LogP contribution in [0.1, 0.15) is 30.7 Å². The molecular weight excluding hydrogens is 359 g/mol. The number of halogens is 2. The van der Waals surface area contributed by atoms with Crippen LogP contribution in [0.3, 0.4) is 0 Å². The summed E-state index contributed by atoms with van der Waals surface area (Å²) >= 11 is 6.17. The van der Waals surface area contributed by atoms with Crippen LogP contribution in [-0.4, -0.2) is 22.6 Å². The third kappa shape index (κ3) is 3.24. The van der Waals surface area contributed by atoms with E-state index in [4.69, 9.17) is 17.3 Å². The number of urea groups is 1. The Morgan fingerprint density at radius 3 is 2.54 bits per heavy atom. The second kappa shape index (κ2) is 6.96. The van der Waals surface area contributed by atoms with Gasteiger partial charge in [0.25, 0.3) is 0 Å². The second-order valence-corrected chi connectivity index (χ2v) is 6.89. The monoisotopic (exact) mass is 376 g/mol. The van der Waals surface area contributed by atoms with Crippen molar-refractivity contribution >= 4 is 23.6 Å². The summed E-state index contributed by atoms with van der Waals surface area (Å²) in [7, 11) is 0. The molecular formula is C19H18ClFN2O3. The van der Waals surface area contributed by atoms with Gasteiger partial charge < -0.3 is 16.2 Å². The molecule has 0 heterocycles. The van der Waals surface area contributed by atoms with Crippen molar-refractivity contribution < 1.29 is 19.1 Å². The van der Waals surface area contributed by atoms with Crippen LogP contribution in [0.4, 0.5) is 9.18 Å². The van der Waals surface area contributed by atoms with Gasteiger partial charge in [0.1, 0.15) is 11.4 Å². The number of nitrogens with one attached hydrogen (secondary N) is 1. The van der Waals surface area contributed by atoms with E-state index in [0.29, 0.717) is 23.4 Å². The van der Waals surface area contributed by atoms with Crippen LogP contribution in [-0.2, 0) is 4.79 Å². The highest BCUT2D eigenvalue weighted by Crippen LogP contribution is 2.46. The Labute approximate surface area is 155 Å². The molecule has 26 heavy (non-hydrogen) atoms. The van der Waals surface area contributed by atoms with Crippen LogP contribution in [0.2, 0.25) is 5.02 Å². The van der Waals surface area contributed by atoms with Gasteiger partial charge in [0.2, 0.25) is 0 Å². The molecule has 1 aliphatic carbocycles. The van der Waals surface area contributed by atoms with Crippen LogP contribution in [0, 0.1) is 5.82 Å². The van der Waals surface area contributed by atoms with E-state index >= 15 is 0 Å². The summed E-state index contributed by atoms with van der Waals surface area (Å²) < 4.78 is 13.3. The standard InChI is InChI=1S/C19H18ClFN2O3/c20-12-5-8-14(11-3-6-13(21)7-4-11)15(10-12)16-2-1-9-19(16,17(24)25)23-18(22)26/h3-8,10,16H,1-2,9H2,(H,24,25)(H3,22,23,26). The summed E-state index contributed by atoms with van der Waals surface area (Å²) in [6, 6.07) is 10.2. The van der Waals surface area contributed by atoms with Crippen molar-refractivity contribution in [2.45, 2.75) is 30.7 Å². The summed E-state index contributed by atoms with van der Waals surface area (Å²) in [5, 5.41) is 12.8. The highest BCUT2D eigenvalue weighted by molar-refractivity contribution is 6.30. The maximum Gasteiger partial charge on any atom is 0.330 e. The third-order valence-electron chi connectivity index (χ3n) is 4.93. The summed E-state index contributed by atoms with van der Waals surface area (Å²) in [6.45, 7) is 0. The number of amides is 2. The summed E-state index contributed by atoms with van der Waals surface area (Å²) in [6.07, 6.45) is 1.44. The predicted octanol–water partition coefficient (Wildman–Crippen LogP) is 3.91. The second-order valence-electron chi connectivity index (χ2n) is 6.45. The third-order valence-corrected chi connectivity index (χ3v) is 5.17. The fourth-order valence-electron chi connectivity index (χ4n) is 3.82. The van der Waals surface area contributed by atoms with Crippen molar-refractivity contribution in [3.05, 3.63) is 58.9 Å². The summed E-state index contributed by atoms with van der Waals surface area (Å²) in [4.78, 5) is 23.5. The SMILES string of the molecule is NC(=O)NC1(C(=O)O)CCCC1c1cc(Cl)ccc1-c1ccc(F)cc1. The zero-order chi connectivity index (χ0) is 18.9. The van der Waals surface area contributed by atoms with Crippen molar-refractivity contribution in [1.29, 1.82) is 0 Å². The quantitative estimate of drug-likeness (QED) is 0.755. The van der Waals surface area contributed by atoms with E-state index in [1.165, 1.54) is 12.1 Å². The van der Waals surface area contributed by atoms with Gasteiger partial charge in [-0.25, -0.2) is 14.0 Å². The summed E-state index contributed by atoms with van der Waals surface area (Å²) in [5.74, 6) is -2.00. The number of hydrogen-bond acceptors (Lipinski definition) is 2. The topological polar surface area (TPSA) is 92.4 Å². The zero-order valence-electron chi connectivity index (χ0n) is 13.8. The van der Waals surface area contributed by atoms with Crippen molar-refractivity contribution in [3.8, 4) is 11.1 Å². The number of hydrogen-bond donors (Lipinski definition) is 3. The van der Waals surface area contributed by atoms with Gasteiger partial charge in [-0.05, 0) is 60.2 Å². The number of carbonyl (C=O) groups excluding carboxylic acids is 1. The van der Waals surface area contributed by atoms with Gasteiger partial charge >= 0.3 is 12.0 Å². The van der Waals surface area contributed by atoms with Gasteiger partial charge in [-0.3, -0.25) is 0 Å². The Morgan fingerprint density at radius 1 is 1.23 bits per heavy atom. The number of rotatable bonds is 4. The minimum atomic E-state index is -1.49. The van der Waals surface area contributed by atoms with Crippen LogP contribution in [0.5, 0.6) is 0 Å². The van der Waals surface area contributed by atoms with E-state index in [1.807, 2.05) is 0 Å². The Hall–Kier alpha value is -2.60. The molecule has 2 unspecified atom stereocenters. The lowest BCUT2D eigenvalue weighted by atomic mass is 9.79. The van der Waals surface area contributed by atoms with Gasteiger partial charge in [-0.15, -0.1) is 0 Å². The van der Waals surface area contributed by atoms with Crippen LogP contribution >= 0.6 is 11.6 Å². The molecule has 0 spiro atoms. The molecule has 0 saturated heterocycles. The number of carboxylic acids is 1. The van der Waals surface area contributed by atoms with Gasteiger partial charge in [0, 0.05) is 10.9 Å². The number of aliphatic carboxylic acids is 1. The zero-order valence-corrected chi connectivity index (χ0v) is 14.6. The normalized spacial score (nSPS) is 22.2. The van der Waals surface area contributed by atoms with E-state index in [9.17, 15) is 19.1 Å². The summed E-state index contributed by atoms with van der Waals surface area (Å²) in [5.41, 5.74) is 5.94. The van der Waals surface area contributed by atoms with E-state index in [2.05, 4.69) is 5.32 Å². The molecule has 2 amide bonds. The van der Waals surface area contributed by atoms with E-state index in [-0.39, 0.29) is 12.2 Å². The molecule has 0 aliphatic heterocycles. The number of primary amides is 1. The fourth-order valence-corrected chi connectivity index (χ4v) is 4.00. The molecule has 5 nitrogen and oxygen atoms in total. The lowest BCUT2D eigenvalue weighted by molar-refractivity contribution is -0.144. The van der Waals surface area contributed by atoms with Crippen molar-refractivity contribution in [2.75, 3.05) is 0 Å². The molecule has 1 saturated carbocycles. The first-order chi connectivity index (χ1) is 12.3. The predicted molar refractivity (Wildman–Crippen MR) is 96.5 cm³/mol. The van der Waals surface area contributed by atoms with Crippen molar-refractivity contribution in [2.24, 2.45) is 5.73 Å². The molecule has 0 bridgehead atoms. The largest absolute Gasteiger partial charge is 0.479 e. The van der Waals surface area contributed by atoms with Crippen LogP contribution in [0.25, 0.3) is 11.1 Å². The number of benzene rings is 2. The average Bonchev–Trinajstić information content (AvgIpc) is 3.00. The highest BCUT2D eigenvalue weighted by atomic mass is 35.5. The molecule has 2 atom stereocenters. The highest BCUT2D eigenvalue weighted by Gasteiger charge is 2.51. The molecule has 0 radical (unpaired) electrons. The van der Waals surface area contributed by atoms with Gasteiger partial charge in [-0.1, -0.05) is 29.8 Å². The first kappa shape index (κ1) is 18.2. The molecule has 1 aliphatic rings. The maximum atomic E-state index is 13.3. The first-order valence-corrected chi connectivity index (χ1v) is 8.58. The van der Waals surface area contributed by atoms with Gasteiger partial charge in [0.15, 0.2) is 0 Å². The van der Waals surface area contributed by atoms with E-state index in [0.717, 1.165) is 11.1 Å². The molecule has 2 aromatic rings. The number of carbonyl (C=O) groups is 2. The smallest absolute Gasteiger partial charge is 0.330 e. The lowest BCUT2D eigenvalue weighted by Crippen LogP contribution is -2.57. The van der Waals surface area contributed by atoms with E-state index in [1.54, 1.807) is 30.3 Å². The fraction of sp³-hybridized carbons (Fsp3) is 0.263. The first-order valence-electron chi connectivity index (χ1n) is 8.20. The molecule has 3 rings (SSSR count). The van der Waals surface area contributed by atoms with Crippen LogP contribution in [0.15, 0.2) is 42.5 Å². The number of nitrogens with two attached hydrogens (primary N) is 1. The minimum Gasteiger partial charge on any atom is -0.479 e. The van der Waals surface area contributed by atoms with Crippen LogP contribution < -0.4 is 11.1 Å². The Kier molecular flexibility index (Phi) is 4.87. The molecule has 4 N–H and O–H groups in total. The molecule has 0 aromatic heterocycles. The number of carboxylic acid groups (broad SMARTS) is 1. The van der Waals surface area contributed by atoms with Gasteiger partial charge in [-0.2, -0.15) is 0 Å². The van der Waals surface area contributed by atoms with Crippen molar-refractivity contribution in [3.63, 3.8) is 0 Å². The minimum absolute atomic E-state index is 0.269. The Balaban J connectivity index is 2.15.